The molecule has 0 bridgehead atoms. The van der Waals surface area contributed by atoms with Gasteiger partial charge in [-0.3, -0.25) is 14.9 Å². The van der Waals surface area contributed by atoms with Crippen LogP contribution in [0.15, 0.2) is 51.5 Å². The fraction of sp³-hybridized carbons (Fsp3) is 0.217. The maximum atomic E-state index is 12.3. The summed E-state index contributed by atoms with van der Waals surface area (Å²) in [5.74, 6) is -1.05. The lowest BCUT2D eigenvalue weighted by atomic mass is 9.96. The molecule has 2 heterocycles. The maximum Gasteiger partial charge on any atom is 0.339 e. The average molecular weight is 439 g/mol. The Balaban J connectivity index is 1.90. The van der Waals surface area contributed by atoms with Crippen LogP contribution in [0.4, 0.5) is 0 Å². The Labute approximate surface area is 183 Å². The molecule has 1 aromatic carbocycles. The van der Waals surface area contributed by atoms with Gasteiger partial charge in [0.1, 0.15) is 23.2 Å². The summed E-state index contributed by atoms with van der Waals surface area (Å²) < 4.78 is 11.0. The topological polar surface area (TPSA) is 109 Å². The van der Waals surface area contributed by atoms with E-state index in [9.17, 15) is 14.4 Å². The molecule has 8 heteroatoms. The van der Waals surface area contributed by atoms with Gasteiger partial charge in [0.25, 0.3) is 11.8 Å². The highest BCUT2D eigenvalue weighted by atomic mass is 35.5. The summed E-state index contributed by atoms with van der Waals surface area (Å²) >= 11 is 6.15. The molecular formula is C23H19ClN2O5. The number of nitrogens with one attached hydrogen (secondary N) is 1. The van der Waals surface area contributed by atoms with Gasteiger partial charge in [-0.05, 0) is 55.3 Å². The zero-order valence-electron chi connectivity index (χ0n) is 17.0. The number of carbonyl (C=O) groups excluding carboxylic acids is 3. The second kappa shape index (κ2) is 9.45. The number of hydrogen-bond donors (Lipinski definition) is 1. The van der Waals surface area contributed by atoms with Gasteiger partial charge in [-0.2, -0.15) is 5.26 Å². The summed E-state index contributed by atoms with van der Waals surface area (Å²) in [4.78, 5) is 36.2. The van der Waals surface area contributed by atoms with Crippen LogP contribution in [-0.4, -0.2) is 24.4 Å². The summed E-state index contributed by atoms with van der Waals surface area (Å²) in [5, 5.41) is 11.5. The SMILES string of the molecule is CCCCOC(=O)c1cc(-c2ccc(/C=C3\C(=O)NC(=O)C(C#N)=C3C)o2)ccc1Cl. The van der Waals surface area contributed by atoms with Crippen LogP contribution in [-0.2, 0) is 14.3 Å². The molecule has 7 nitrogen and oxygen atoms in total. The van der Waals surface area contributed by atoms with Crippen LogP contribution in [0.3, 0.4) is 0 Å². The number of nitriles is 1. The first-order valence-corrected chi connectivity index (χ1v) is 9.99. The number of unbranched alkanes of at least 4 members (excludes halogenated alkanes) is 1. The van der Waals surface area contributed by atoms with E-state index in [0.717, 1.165) is 12.8 Å². The summed E-state index contributed by atoms with van der Waals surface area (Å²) in [6.07, 6.45) is 3.12. The van der Waals surface area contributed by atoms with Gasteiger partial charge >= 0.3 is 5.97 Å². The third-order valence-electron chi connectivity index (χ3n) is 4.70. The van der Waals surface area contributed by atoms with E-state index in [4.69, 9.17) is 26.0 Å². The second-order valence-electron chi connectivity index (χ2n) is 6.84. The van der Waals surface area contributed by atoms with Gasteiger partial charge in [0, 0.05) is 11.1 Å². The van der Waals surface area contributed by atoms with Gasteiger partial charge in [-0.1, -0.05) is 24.9 Å². The Hall–Kier alpha value is -3.63. The van der Waals surface area contributed by atoms with E-state index >= 15 is 0 Å². The average Bonchev–Trinajstić information content (AvgIpc) is 3.20. The minimum Gasteiger partial charge on any atom is -0.462 e. The highest BCUT2D eigenvalue weighted by Gasteiger charge is 2.27. The van der Waals surface area contributed by atoms with Crippen molar-refractivity contribution in [3.8, 4) is 17.4 Å². The van der Waals surface area contributed by atoms with Gasteiger partial charge < -0.3 is 9.15 Å². The molecule has 1 aliphatic heterocycles. The summed E-state index contributed by atoms with van der Waals surface area (Å²) in [7, 11) is 0. The van der Waals surface area contributed by atoms with E-state index < -0.39 is 17.8 Å². The minimum atomic E-state index is -0.721. The normalized spacial score (nSPS) is 15.1. The van der Waals surface area contributed by atoms with Crippen molar-refractivity contribution in [2.75, 3.05) is 6.61 Å². The van der Waals surface area contributed by atoms with Crippen molar-refractivity contribution in [3.63, 3.8) is 0 Å². The molecule has 158 valence electrons. The Bertz CT molecular complexity index is 1170. The molecule has 1 aromatic heterocycles. The highest BCUT2D eigenvalue weighted by Crippen LogP contribution is 2.29. The fourth-order valence-electron chi connectivity index (χ4n) is 2.97. The predicted molar refractivity (Wildman–Crippen MR) is 114 cm³/mol. The Morgan fingerprint density at radius 1 is 1.26 bits per heavy atom. The lowest BCUT2D eigenvalue weighted by molar-refractivity contribution is -0.126. The number of benzene rings is 1. The number of carbonyl (C=O) groups is 3. The Morgan fingerprint density at radius 3 is 2.74 bits per heavy atom. The molecule has 0 aliphatic carbocycles. The van der Waals surface area contributed by atoms with E-state index in [1.165, 1.54) is 13.0 Å². The van der Waals surface area contributed by atoms with Crippen LogP contribution in [0.5, 0.6) is 0 Å². The van der Waals surface area contributed by atoms with Crippen LogP contribution in [0.1, 0.15) is 42.8 Å². The van der Waals surface area contributed by atoms with Gasteiger partial charge in [0.15, 0.2) is 0 Å². The molecular weight excluding hydrogens is 420 g/mol. The fourth-order valence-corrected chi connectivity index (χ4v) is 3.16. The largest absolute Gasteiger partial charge is 0.462 e. The number of nitrogens with zero attached hydrogens (tertiary/aromatic N) is 1. The van der Waals surface area contributed by atoms with Crippen LogP contribution in [0.2, 0.25) is 5.02 Å². The summed E-state index contributed by atoms with van der Waals surface area (Å²) in [5.41, 5.74) is 1.15. The quantitative estimate of drug-likeness (QED) is 0.309. The highest BCUT2D eigenvalue weighted by molar-refractivity contribution is 6.33. The van der Waals surface area contributed by atoms with Crippen molar-refractivity contribution in [2.45, 2.75) is 26.7 Å². The molecule has 2 aromatic rings. The maximum absolute atomic E-state index is 12.3. The molecule has 0 radical (unpaired) electrons. The van der Waals surface area contributed by atoms with Crippen molar-refractivity contribution in [1.29, 1.82) is 5.26 Å². The van der Waals surface area contributed by atoms with Crippen molar-refractivity contribution in [2.24, 2.45) is 0 Å². The molecule has 0 unspecified atom stereocenters. The molecule has 0 saturated heterocycles. The van der Waals surface area contributed by atoms with Gasteiger partial charge in [0.2, 0.25) is 0 Å². The van der Waals surface area contributed by atoms with E-state index in [-0.39, 0.29) is 27.3 Å². The van der Waals surface area contributed by atoms with Crippen LogP contribution < -0.4 is 5.32 Å². The number of rotatable bonds is 6. The van der Waals surface area contributed by atoms with Gasteiger partial charge in [-0.15, -0.1) is 0 Å². The first-order valence-electron chi connectivity index (χ1n) is 9.61. The van der Waals surface area contributed by atoms with Crippen molar-refractivity contribution in [1.82, 2.24) is 5.32 Å². The number of amides is 2. The first kappa shape index (κ1) is 22.1. The number of halogens is 1. The summed E-state index contributed by atoms with van der Waals surface area (Å²) in [6, 6.07) is 9.98. The second-order valence-corrected chi connectivity index (χ2v) is 7.25. The lowest BCUT2D eigenvalue weighted by Gasteiger charge is -2.15. The van der Waals surface area contributed by atoms with Crippen molar-refractivity contribution < 1.29 is 23.5 Å². The van der Waals surface area contributed by atoms with Gasteiger partial charge in [-0.25, -0.2) is 4.79 Å². The third-order valence-corrected chi connectivity index (χ3v) is 5.03. The number of esters is 1. The van der Waals surface area contributed by atoms with Gasteiger partial charge in [0.05, 0.1) is 17.2 Å². The Kier molecular flexibility index (Phi) is 6.73. The Morgan fingerprint density at radius 2 is 2.03 bits per heavy atom. The van der Waals surface area contributed by atoms with Crippen LogP contribution in [0.25, 0.3) is 17.4 Å². The monoisotopic (exact) mass is 438 g/mol. The molecule has 2 amide bonds. The van der Waals surface area contributed by atoms with Crippen LogP contribution in [0, 0.1) is 11.3 Å². The summed E-state index contributed by atoms with van der Waals surface area (Å²) in [6.45, 7) is 3.84. The number of ether oxygens (including phenoxy) is 1. The predicted octanol–water partition coefficient (Wildman–Crippen LogP) is 4.44. The van der Waals surface area contributed by atoms with Crippen molar-refractivity contribution >= 4 is 35.5 Å². The lowest BCUT2D eigenvalue weighted by Crippen LogP contribution is -2.37. The molecule has 31 heavy (non-hydrogen) atoms. The molecule has 1 N–H and O–H groups in total. The van der Waals surface area contributed by atoms with E-state index in [1.54, 1.807) is 36.4 Å². The molecule has 0 fully saturated rings. The van der Waals surface area contributed by atoms with Crippen LogP contribution >= 0.6 is 11.6 Å². The molecule has 0 atom stereocenters. The van der Waals surface area contributed by atoms with E-state index in [0.29, 0.717) is 23.7 Å². The third kappa shape index (κ3) is 4.76. The minimum absolute atomic E-state index is 0.124. The first-order chi connectivity index (χ1) is 14.8. The smallest absolute Gasteiger partial charge is 0.339 e. The number of furan rings is 1. The molecule has 1 aliphatic rings. The zero-order valence-corrected chi connectivity index (χ0v) is 17.7. The number of hydrogen-bond acceptors (Lipinski definition) is 6. The number of imide groups is 1. The molecule has 3 rings (SSSR count). The molecule has 0 saturated carbocycles. The zero-order chi connectivity index (χ0) is 22.5. The van der Waals surface area contributed by atoms with E-state index in [2.05, 4.69) is 5.32 Å². The van der Waals surface area contributed by atoms with E-state index in [1.807, 2.05) is 6.92 Å². The van der Waals surface area contributed by atoms with Crippen molar-refractivity contribution in [3.05, 3.63) is 63.4 Å². The standard InChI is InChI=1S/C23H19ClN2O5/c1-3-4-9-30-23(29)17-10-14(5-7-19(17)24)20-8-6-15(31-20)11-16-13(2)18(12-25)22(28)26-21(16)27/h5-8,10-11H,3-4,9H2,1-2H3,(H,26,27,28)/b16-11-. The molecule has 0 spiro atoms.